The molecule has 0 saturated heterocycles. The smallest absolute Gasteiger partial charge is 0.129 e. The quantitative estimate of drug-likeness (QED) is 0.785. The summed E-state index contributed by atoms with van der Waals surface area (Å²) >= 11 is 0. The molecule has 1 aliphatic rings. The minimum absolute atomic E-state index is 0.233. The first kappa shape index (κ1) is 12.4. The topological polar surface area (TPSA) is 59.1 Å². The van der Waals surface area contributed by atoms with Gasteiger partial charge in [-0.05, 0) is 49.7 Å². The van der Waals surface area contributed by atoms with Gasteiger partial charge in [-0.3, -0.25) is 0 Å². The highest BCUT2D eigenvalue weighted by molar-refractivity contribution is 5.48. The predicted octanol–water partition coefficient (Wildman–Crippen LogP) is 2.62. The van der Waals surface area contributed by atoms with Gasteiger partial charge >= 0.3 is 0 Å². The van der Waals surface area contributed by atoms with Gasteiger partial charge in [-0.1, -0.05) is 13.8 Å². The lowest BCUT2D eigenvalue weighted by atomic mass is 9.68. The van der Waals surface area contributed by atoms with Gasteiger partial charge in [-0.25, -0.2) is 4.98 Å². The highest BCUT2D eigenvalue weighted by atomic mass is 16.3. The summed E-state index contributed by atoms with van der Waals surface area (Å²) in [6.07, 6.45) is 4.58. The van der Waals surface area contributed by atoms with Crippen LogP contribution in [0.25, 0.3) is 0 Å². The van der Waals surface area contributed by atoms with Crippen molar-refractivity contribution in [3.05, 3.63) is 23.4 Å². The van der Waals surface area contributed by atoms with Crippen molar-refractivity contribution in [3.63, 3.8) is 0 Å². The molecule has 0 aromatic carbocycles. The zero-order valence-electron chi connectivity index (χ0n) is 10.9. The van der Waals surface area contributed by atoms with Gasteiger partial charge in [0.15, 0.2) is 0 Å². The maximum Gasteiger partial charge on any atom is 0.129 e. The third kappa shape index (κ3) is 2.04. The third-order valence-corrected chi connectivity index (χ3v) is 4.21. The molecule has 3 N–H and O–H groups in total. The fourth-order valence-electron chi connectivity index (χ4n) is 3.14. The Morgan fingerprint density at radius 3 is 2.76 bits per heavy atom. The monoisotopic (exact) mass is 234 g/mol. The first-order chi connectivity index (χ1) is 7.95. The number of hydrogen-bond donors (Lipinski definition) is 2. The molecule has 1 saturated carbocycles. The summed E-state index contributed by atoms with van der Waals surface area (Å²) in [7, 11) is 0. The number of nitrogens with two attached hydrogens (primary N) is 1. The fraction of sp³-hybridized carbons (Fsp3) is 0.643. The van der Waals surface area contributed by atoms with Crippen LogP contribution in [0.4, 0.5) is 5.82 Å². The van der Waals surface area contributed by atoms with E-state index >= 15 is 0 Å². The average molecular weight is 234 g/mol. The van der Waals surface area contributed by atoms with Gasteiger partial charge in [0.25, 0.3) is 0 Å². The van der Waals surface area contributed by atoms with E-state index in [2.05, 4.69) is 18.8 Å². The van der Waals surface area contributed by atoms with Crippen LogP contribution in [0.1, 0.15) is 44.2 Å². The second kappa shape index (κ2) is 4.30. The van der Waals surface area contributed by atoms with Crippen molar-refractivity contribution in [1.29, 1.82) is 0 Å². The Hall–Kier alpha value is -1.09. The van der Waals surface area contributed by atoms with Gasteiger partial charge in [0.05, 0.1) is 5.60 Å². The molecule has 1 aromatic heterocycles. The summed E-state index contributed by atoms with van der Waals surface area (Å²) in [4.78, 5) is 4.13. The average Bonchev–Trinajstić information content (AvgIpc) is 2.24. The van der Waals surface area contributed by atoms with E-state index in [1.807, 2.05) is 13.0 Å². The van der Waals surface area contributed by atoms with Crippen LogP contribution in [0, 0.1) is 18.8 Å². The van der Waals surface area contributed by atoms with Crippen molar-refractivity contribution in [1.82, 2.24) is 4.98 Å². The number of nitrogens with zero attached hydrogens (tertiary/aromatic N) is 1. The van der Waals surface area contributed by atoms with E-state index in [9.17, 15) is 5.11 Å². The molecule has 1 heterocycles. The van der Waals surface area contributed by atoms with Crippen LogP contribution in [0.3, 0.4) is 0 Å². The lowest BCUT2D eigenvalue weighted by molar-refractivity contribution is -0.0588. The number of nitrogen functional groups attached to an aromatic ring is 1. The van der Waals surface area contributed by atoms with E-state index in [1.54, 1.807) is 6.20 Å². The molecule has 0 radical (unpaired) electrons. The van der Waals surface area contributed by atoms with Crippen LogP contribution < -0.4 is 5.73 Å². The maximum atomic E-state index is 11.0. The Morgan fingerprint density at radius 2 is 2.18 bits per heavy atom. The molecule has 3 nitrogen and oxygen atoms in total. The standard InChI is InChI=1S/C14H22N2O/c1-9-4-6-14(17,11(3)8-9)12-10(2)5-7-16-13(12)15/h5,7,9,11,17H,4,6,8H2,1-3H3,(H2,15,16). The molecule has 17 heavy (non-hydrogen) atoms. The van der Waals surface area contributed by atoms with Gasteiger partial charge in [0, 0.05) is 11.8 Å². The first-order valence-electron chi connectivity index (χ1n) is 6.39. The molecule has 1 fully saturated rings. The third-order valence-electron chi connectivity index (χ3n) is 4.21. The Kier molecular flexibility index (Phi) is 3.13. The SMILES string of the molecule is Cc1ccnc(N)c1C1(O)CCC(C)CC1C. The highest BCUT2D eigenvalue weighted by Crippen LogP contribution is 2.45. The molecule has 1 aromatic rings. The molecular weight excluding hydrogens is 212 g/mol. The summed E-state index contributed by atoms with van der Waals surface area (Å²) in [5.74, 6) is 1.40. The van der Waals surface area contributed by atoms with E-state index < -0.39 is 5.60 Å². The van der Waals surface area contributed by atoms with Crippen molar-refractivity contribution in [3.8, 4) is 0 Å². The second-order valence-electron chi connectivity index (χ2n) is 5.59. The zero-order valence-corrected chi connectivity index (χ0v) is 10.9. The second-order valence-corrected chi connectivity index (χ2v) is 5.59. The van der Waals surface area contributed by atoms with Crippen LogP contribution in [0.5, 0.6) is 0 Å². The molecule has 94 valence electrons. The molecule has 1 aliphatic carbocycles. The minimum atomic E-state index is -0.797. The summed E-state index contributed by atoms with van der Waals surface area (Å²) in [6, 6.07) is 1.93. The Morgan fingerprint density at radius 1 is 1.47 bits per heavy atom. The van der Waals surface area contributed by atoms with Gasteiger partial charge in [0.2, 0.25) is 0 Å². The molecule has 3 atom stereocenters. The van der Waals surface area contributed by atoms with Crippen molar-refractivity contribution >= 4 is 5.82 Å². The first-order valence-corrected chi connectivity index (χ1v) is 6.39. The van der Waals surface area contributed by atoms with Gasteiger partial charge in [0.1, 0.15) is 5.82 Å². The summed E-state index contributed by atoms with van der Waals surface area (Å²) < 4.78 is 0. The molecular formula is C14H22N2O. The lowest BCUT2D eigenvalue weighted by Gasteiger charge is -2.42. The van der Waals surface area contributed by atoms with Crippen molar-refractivity contribution < 1.29 is 5.11 Å². The Bertz CT molecular complexity index is 398. The van der Waals surface area contributed by atoms with Crippen LogP contribution in [-0.2, 0) is 5.60 Å². The molecule has 3 heteroatoms. The van der Waals surface area contributed by atoms with E-state index in [-0.39, 0.29) is 5.92 Å². The highest BCUT2D eigenvalue weighted by Gasteiger charge is 2.42. The van der Waals surface area contributed by atoms with Crippen molar-refractivity contribution in [2.45, 2.75) is 45.6 Å². The number of aliphatic hydroxyl groups is 1. The minimum Gasteiger partial charge on any atom is -0.385 e. The summed E-state index contributed by atoms with van der Waals surface area (Å²) in [5, 5.41) is 11.0. The molecule has 0 bridgehead atoms. The van der Waals surface area contributed by atoms with Crippen molar-refractivity contribution in [2.75, 3.05) is 5.73 Å². The fourth-order valence-corrected chi connectivity index (χ4v) is 3.14. The number of rotatable bonds is 1. The summed E-state index contributed by atoms with van der Waals surface area (Å²) in [6.45, 7) is 6.35. The van der Waals surface area contributed by atoms with Crippen LogP contribution in [0.15, 0.2) is 12.3 Å². The molecule has 2 rings (SSSR count). The van der Waals surface area contributed by atoms with Crippen LogP contribution >= 0.6 is 0 Å². The van der Waals surface area contributed by atoms with Crippen LogP contribution in [0.2, 0.25) is 0 Å². The summed E-state index contributed by atoms with van der Waals surface area (Å²) in [5.41, 5.74) is 7.06. The van der Waals surface area contributed by atoms with E-state index in [0.29, 0.717) is 11.7 Å². The maximum absolute atomic E-state index is 11.0. The van der Waals surface area contributed by atoms with Gasteiger partial charge in [-0.15, -0.1) is 0 Å². The van der Waals surface area contributed by atoms with Crippen molar-refractivity contribution in [2.24, 2.45) is 11.8 Å². The van der Waals surface area contributed by atoms with Gasteiger partial charge in [-0.2, -0.15) is 0 Å². The number of pyridine rings is 1. The molecule has 3 unspecified atom stereocenters. The predicted molar refractivity (Wildman–Crippen MR) is 69.5 cm³/mol. The molecule has 0 spiro atoms. The molecule has 0 aliphatic heterocycles. The number of aryl methyl sites for hydroxylation is 1. The molecule has 0 amide bonds. The lowest BCUT2D eigenvalue weighted by Crippen LogP contribution is -2.40. The van der Waals surface area contributed by atoms with Crippen LogP contribution in [-0.4, -0.2) is 10.1 Å². The Balaban J connectivity index is 2.44. The number of aromatic nitrogens is 1. The van der Waals surface area contributed by atoms with E-state index in [1.165, 1.54) is 0 Å². The van der Waals surface area contributed by atoms with Gasteiger partial charge < -0.3 is 10.8 Å². The zero-order chi connectivity index (χ0) is 12.6. The van der Waals surface area contributed by atoms with E-state index in [0.717, 1.165) is 30.4 Å². The normalized spacial score (nSPS) is 33.6. The van der Waals surface area contributed by atoms with E-state index in [4.69, 9.17) is 5.73 Å². The largest absolute Gasteiger partial charge is 0.385 e. The Labute approximate surface area is 103 Å². The number of anilines is 1. The number of hydrogen-bond acceptors (Lipinski definition) is 3.